The fourth-order valence-electron chi connectivity index (χ4n) is 0.816. The van der Waals surface area contributed by atoms with Crippen LogP contribution in [0.4, 0.5) is 14.6 Å². The van der Waals surface area contributed by atoms with Gasteiger partial charge in [-0.1, -0.05) is 0 Å². The van der Waals surface area contributed by atoms with Gasteiger partial charge in [0.25, 0.3) is 6.43 Å². The first-order chi connectivity index (χ1) is 6.06. The number of hydrogen-bond acceptors (Lipinski definition) is 4. The van der Waals surface area contributed by atoms with Gasteiger partial charge in [0.1, 0.15) is 5.69 Å². The van der Waals surface area contributed by atoms with Crippen LogP contribution in [0.3, 0.4) is 0 Å². The van der Waals surface area contributed by atoms with E-state index in [2.05, 4.69) is 4.98 Å². The van der Waals surface area contributed by atoms with E-state index < -0.39 is 23.4 Å². The van der Waals surface area contributed by atoms with Gasteiger partial charge >= 0.3 is 0 Å². The maximum atomic E-state index is 12.2. The minimum Gasteiger partial charge on any atom is -0.504 e. The van der Waals surface area contributed by atoms with Gasteiger partial charge in [-0.2, -0.15) is 0 Å². The highest BCUT2D eigenvalue weighted by Crippen LogP contribution is 2.27. The van der Waals surface area contributed by atoms with Crippen LogP contribution in [0.1, 0.15) is 22.5 Å². The van der Waals surface area contributed by atoms with Crippen LogP contribution in [0.25, 0.3) is 0 Å². The smallest absolute Gasteiger partial charge is 0.266 e. The van der Waals surface area contributed by atoms with E-state index in [0.717, 1.165) is 6.07 Å². The number of alkyl halides is 2. The average Bonchev–Trinajstić information content (AvgIpc) is 2.08. The fraction of sp³-hybridized carbons (Fsp3) is 0.143. The lowest BCUT2D eigenvalue weighted by Gasteiger charge is -2.04. The van der Waals surface area contributed by atoms with Crippen LogP contribution >= 0.6 is 0 Å². The molecule has 1 aromatic rings. The lowest BCUT2D eigenvalue weighted by atomic mass is 10.2. The summed E-state index contributed by atoms with van der Waals surface area (Å²) in [7, 11) is 0. The summed E-state index contributed by atoms with van der Waals surface area (Å²) in [5.74, 6) is -0.896. The SMILES string of the molecule is Nc1nc(C=O)c(C(F)F)cc1O. The Balaban J connectivity index is 3.32. The highest BCUT2D eigenvalue weighted by atomic mass is 19.3. The van der Waals surface area contributed by atoms with E-state index in [4.69, 9.17) is 10.8 Å². The molecule has 0 aliphatic rings. The van der Waals surface area contributed by atoms with E-state index in [1.165, 1.54) is 0 Å². The summed E-state index contributed by atoms with van der Waals surface area (Å²) in [5, 5.41) is 8.93. The number of nitrogens with zero attached hydrogens (tertiary/aromatic N) is 1. The summed E-state index contributed by atoms with van der Waals surface area (Å²) >= 11 is 0. The van der Waals surface area contributed by atoms with Crippen LogP contribution in [-0.4, -0.2) is 16.4 Å². The molecule has 1 aromatic heterocycles. The normalized spacial score (nSPS) is 10.4. The van der Waals surface area contributed by atoms with Gasteiger partial charge < -0.3 is 10.8 Å². The number of nitrogen functional groups attached to an aromatic ring is 1. The molecule has 0 fully saturated rings. The molecule has 13 heavy (non-hydrogen) atoms. The van der Waals surface area contributed by atoms with Crippen molar-refractivity contribution >= 4 is 12.1 Å². The zero-order chi connectivity index (χ0) is 10.0. The average molecular weight is 188 g/mol. The molecule has 0 unspecified atom stereocenters. The quantitative estimate of drug-likeness (QED) is 0.682. The van der Waals surface area contributed by atoms with Gasteiger partial charge in [-0.15, -0.1) is 0 Å². The van der Waals surface area contributed by atoms with Crippen LogP contribution in [0.5, 0.6) is 5.75 Å². The molecule has 0 aliphatic carbocycles. The molecule has 0 spiro atoms. The van der Waals surface area contributed by atoms with Crippen molar-refractivity contribution in [2.75, 3.05) is 5.73 Å². The summed E-state index contributed by atoms with van der Waals surface area (Å²) in [6, 6.07) is 0.733. The highest BCUT2D eigenvalue weighted by molar-refractivity contribution is 5.76. The predicted molar refractivity (Wildman–Crippen MR) is 40.7 cm³/mol. The van der Waals surface area contributed by atoms with E-state index in [9.17, 15) is 13.6 Å². The summed E-state index contributed by atoms with van der Waals surface area (Å²) in [4.78, 5) is 13.6. The van der Waals surface area contributed by atoms with Gasteiger partial charge in [-0.3, -0.25) is 4.79 Å². The van der Waals surface area contributed by atoms with Crippen LogP contribution in [0, 0.1) is 0 Å². The molecule has 6 heteroatoms. The van der Waals surface area contributed by atoms with Gasteiger partial charge in [0.05, 0.1) is 5.56 Å². The van der Waals surface area contributed by atoms with E-state index in [1.54, 1.807) is 0 Å². The molecule has 4 nitrogen and oxygen atoms in total. The minimum absolute atomic E-state index is 0.164. The number of pyridine rings is 1. The van der Waals surface area contributed by atoms with Crippen molar-refractivity contribution in [2.45, 2.75) is 6.43 Å². The number of aromatic nitrogens is 1. The molecule has 1 heterocycles. The Morgan fingerprint density at radius 1 is 1.62 bits per heavy atom. The number of hydrogen-bond donors (Lipinski definition) is 2. The Hall–Kier alpha value is -1.72. The zero-order valence-corrected chi connectivity index (χ0v) is 6.37. The second-order valence-corrected chi connectivity index (χ2v) is 2.29. The molecule has 0 saturated heterocycles. The van der Waals surface area contributed by atoms with Crippen LogP contribution in [0.15, 0.2) is 6.07 Å². The molecule has 1 rings (SSSR count). The Labute approximate surface area is 72.0 Å². The molecular formula is C7H6F2N2O2. The van der Waals surface area contributed by atoms with E-state index >= 15 is 0 Å². The lowest BCUT2D eigenvalue weighted by molar-refractivity contribution is 0.110. The number of nitrogens with two attached hydrogens (primary N) is 1. The maximum absolute atomic E-state index is 12.2. The van der Waals surface area contributed by atoms with Crippen molar-refractivity contribution < 1.29 is 18.7 Å². The van der Waals surface area contributed by atoms with Crippen LogP contribution < -0.4 is 5.73 Å². The van der Waals surface area contributed by atoms with Gasteiger partial charge in [0, 0.05) is 0 Å². The number of anilines is 1. The van der Waals surface area contributed by atoms with Gasteiger partial charge in [-0.05, 0) is 6.07 Å². The first-order valence-electron chi connectivity index (χ1n) is 3.29. The van der Waals surface area contributed by atoms with Crippen LogP contribution in [-0.2, 0) is 0 Å². The number of halogens is 2. The Bertz CT molecular complexity index is 342. The Morgan fingerprint density at radius 2 is 2.23 bits per heavy atom. The first kappa shape index (κ1) is 9.37. The lowest BCUT2D eigenvalue weighted by Crippen LogP contribution is -2.01. The topological polar surface area (TPSA) is 76.2 Å². The molecule has 0 aromatic carbocycles. The van der Waals surface area contributed by atoms with Crippen molar-refractivity contribution in [1.82, 2.24) is 4.98 Å². The maximum Gasteiger partial charge on any atom is 0.266 e. The number of aldehydes is 1. The number of aromatic hydroxyl groups is 1. The zero-order valence-electron chi connectivity index (χ0n) is 6.37. The van der Waals surface area contributed by atoms with Crippen molar-refractivity contribution in [1.29, 1.82) is 0 Å². The van der Waals surface area contributed by atoms with E-state index in [-0.39, 0.29) is 12.1 Å². The van der Waals surface area contributed by atoms with Crippen molar-refractivity contribution in [3.63, 3.8) is 0 Å². The Morgan fingerprint density at radius 3 is 2.69 bits per heavy atom. The summed E-state index contributed by atoms with van der Waals surface area (Å²) in [6.45, 7) is 0. The van der Waals surface area contributed by atoms with Gasteiger partial charge in [0.2, 0.25) is 0 Å². The molecule has 70 valence electrons. The number of carbonyl (C=O) groups is 1. The summed E-state index contributed by atoms with van der Waals surface area (Å²) in [5.41, 5.74) is 4.02. The van der Waals surface area contributed by atoms with Gasteiger partial charge in [-0.25, -0.2) is 13.8 Å². The van der Waals surface area contributed by atoms with Crippen molar-refractivity contribution in [2.24, 2.45) is 0 Å². The molecule has 0 atom stereocenters. The third-order valence-corrected chi connectivity index (χ3v) is 1.44. The minimum atomic E-state index is -2.86. The number of rotatable bonds is 2. The molecule has 0 saturated carbocycles. The third kappa shape index (κ3) is 1.71. The third-order valence-electron chi connectivity index (χ3n) is 1.44. The van der Waals surface area contributed by atoms with Crippen LogP contribution in [0.2, 0.25) is 0 Å². The Kier molecular flexibility index (Phi) is 2.41. The fourth-order valence-corrected chi connectivity index (χ4v) is 0.816. The van der Waals surface area contributed by atoms with E-state index in [1.807, 2.05) is 0 Å². The standard InChI is InChI=1S/C7H6F2N2O2/c8-6(9)3-1-5(13)7(10)11-4(3)2-12/h1-2,6,13H,(H2,10,11). The molecule has 0 radical (unpaired) electrons. The molecular weight excluding hydrogens is 182 g/mol. The second kappa shape index (κ2) is 3.34. The summed E-state index contributed by atoms with van der Waals surface area (Å²) < 4.78 is 24.4. The second-order valence-electron chi connectivity index (χ2n) is 2.29. The highest BCUT2D eigenvalue weighted by Gasteiger charge is 2.16. The van der Waals surface area contributed by atoms with Gasteiger partial charge in [0.15, 0.2) is 17.9 Å². The van der Waals surface area contributed by atoms with Crippen molar-refractivity contribution in [3.8, 4) is 5.75 Å². The molecule has 3 N–H and O–H groups in total. The number of carbonyl (C=O) groups excluding carboxylic acids is 1. The first-order valence-corrected chi connectivity index (χ1v) is 3.29. The monoisotopic (exact) mass is 188 g/mol. The largest absolute Gasteiger partial charge is 0.504 e. The molecule has 0 amide bonds. The summed E-state index contributed by atoms with van der Waals surface area (Å²) in [6.07, 6.45) is -2.70. The predicted octanol–water partition coefficient (Wildman–Crippen LogP) is 1.12. The molecule has 0 aliphatic heterocycles. The van der Waals surface area contributed by atoms with Crippen molar-refractivity contribution in [3.05, 3.63) is 17.3 Å². The van der Waals surface area contributed by atoms with E-state index in [0.29, 0.717) is 0 Å². The molecule has 0 bridgehead atoms.